The minimum absolute atomic E-state index is 0.0741. The Kier molecular flexibility index (Phi) is 4.45. The van der Waals surface area contributed by atoms with Crippen LogP contribution < -0.4 is 0 Å². The maximum atomic E-state index is 12.9. The predicted octanol–water partition coefficient (Wildman–Crippen LogP) is 4.21. The molecule has 0 N–H and O–H groups in total. The molecule has 0 aromatic heterocycles. The molecule has 1 nitrogen and oxygen atoms in total. The molecule has 82 valence electrons. The van der Waals surface area contributed by atoms with Crippen LogP contribution in [0.3, 0.4) is 0 Å². The number of ketones is 1. The summed E-state index contributed by atoms with van der Waals surface area (Å²) in [6, 6.07) is 4.39. The minimum Gasteiger partial charge on any atom is -0.294 e. The first-order chi connectivity index (χ1) is 7.04. The fraction of sp³-hybridized carbons (Fsp3) is 0.417. The lowest BCUT2D eigenvalue weighted by Gasteiger charge is -2.07. The van der Waals surface area contributed by atoms with Gasteiger partial charge in [-0.1, -0.05) is 20.3 Å². The highest BCUT2D eigenvalue weighted by atomic mass is 79.9. The number of hydrogen-bond acceptors (Lipinski definition) is 1. The highest BCUT2D eigenvalue weighted by Gasteiger charge is 2.11. The summed E-state index contributed by atoms with van der Waals surface area (Å²) in [5.74, 6) is 0.112. The van der Waals surface area contributed by atoms with Gasteiger partial charge in [-0.2, -0.15) is 0 Å². The molecule has 0 saturated carbocycles. The first-order valence-electron chi connectivity index (χ1n) is 5.02. The van der Waals surface area contributed by atoms with Crippen LogP contribution in [-0.4, -0.2) is 5.78 Å². The van der Waals surface area contributed by atoms with Crippen molar-refractivity contribution in [3.05, 3.63) is 34.1 Å². The van der Waals surface area contributed by atoms with Crippen LogP contribution in [0.15, 0.2) is 22.7 Å². The van der Waals surface area contributed by atoms with Gasteiger partial charge in [0.05, 0.1) is 4.47 Å². The summed E-state index contributed by atoms with van der Waals surface area (Å²) < 4.78 is 13.3. The Balaban J connectivity index is 2.78. The molecule has 0 radical (unpaired) electrons. The lowest BCUT2D eigenvalue weighted by molar-refractivity contribution is 0.0963. The van der Waals surface area contributed by atoms with E-state index < -0.39 is 0 Å². The van der Waals surface area contributed by atoms with Crippen molar-refractivity contribution in [2.24, 2.45) is 5.92 Å². The van der Waals surface area contributed by atoms with Crippen LogP contribution in [0, 0.1) is 11.7 Å². The Morgan fingerprint density at radius 3 is 2.73 bits per heavy atom. The third-order valence-corrected chi connectivity index (χ3v) is 3.08. The Morgan fingerprint density at radius 1 is 1.53 bits per heavy atom. The standard InChI is InChI=1S/C12H14BrFO/c1-3-8(2)6-12(15)9-4-5-11(14)10(13)7-9/h4-5,7-8H,3,6H2,1-2H3. The van der Waals surface area contributed by atoms with E-state index in [4.69, 9.17) is 0 Å². The molecule has 0 spiro atoms. The van der Waals surface area contributed by atoms with E-state index in [-0.39, 0.29) is 11.6 Å². The van der Waals surface area contributed by atoms with Crippen LogP contribution in [0.4, 0.5) is 4.39 Å². The topological polar surface area (TPSA) is 17.1 Å². The Morgan fingerprint density at radius 2 is 2.20 bits per heavy atom. The van der Waals surface area contributed by atoms with Gasteiger partial charge in [-0.25, -0.2) is 4.39 Å². The number of rotatable bonds is 4. The maximum Gasteiger partial charge on any atom is 0.163 e. The summed E-state index contributed by atoms with van der Waals surface area (Å²) in [6.45, 7) is 4.09. The average Bonchev–Trinajstić information content (AvgIpc) is 2.21. The first kappa shape index (κ1) is 12.4. The molecule has 15 heavy (non-hydrogen) atoms. The van der Waals surface area contributed by atoms with E-state index in [0.717, 1.165) is 6.42 Å². The van der Waals surface area contributed by atoms with Crippen molar-refractivity contribution in [1.82, 2.24) is 0 Å². The van der Waals surface area contributed by atoms with Gasteiger partial charge in [0.25, 0.3) is 0 Å². The second-order valence-electron chi connectivity index (χ2n) is 3.77. The number of hydrogen-bond donors (Lipinski definition) is 0. The van der Waals surface area contributed by atoms with Crippen LogP contribution in [0.1, 0.15) is 37.0 Å². The van der Waals surface area contributed by atoms with Crippen molar-refractivity contribution in [1.29, 1.82) is 0 Å². The quantitative estimate of drug-likeness (QED) is 0.751. The maximum absolute atomic E-state index is 12.9. The van der Waals surface area contributed by atoms with Gasteiger partial charge in [0, 0.05) is 12.0 Å². The van der Waals surface area contributed by atoms with Crippen molar-refractivity contribution >= 4 is 21.7 Å². The lowest BCUT2D eigenvalue weighted by Crippen LogP contribution is -2.05. The zero-order valence-corrected chi connectivity index (χ0v) is 10.5. The van der Waals surface area contributed by atoms with Crippen molar-refractivity contribution < 1.29 is 9.18 Å². The molecule has 0 amide bonds. The summed E-state index contributed by atoms with van der Waals surface area (Å²) in [5, 5.41) is 0. The number of Topliss-reactive ketones (excluding diaryl/α,β-unsaturated/α-hetero) is 1. The highest BCUT2D eigenvalue weighted by molar-refractivity contribution is 9.10. The molecule has 1 aromatic carbocycles. The summed E-state index contributed by atoms with van der Waals surface area (Å²) >= 11 is 3.07. The van der Waals surface area contributed by atoms with Crippen molar-refractivity contribution in [2.45, 2.75) is 26.7 Å². The van der Waals surface area contributed by atoms with Crippen molar-refractivity contribution in [2.75, 3.05) is 0 Å². The molecule has 0 saturated heterocycles. The minimum atomic E-state index is -0.338. The molecule has 0 aliphatic rings. The molecule has 1 aromatic rings. The van der Waals surface area contributed by atoms with E-state index in [1.54, 1.807) is 6.07 Å². The van der Waals surface area contributed by atoms with Gasteiger partial charge in [0.1, 0.15) is 5.82 Å². The van der Waals surface area contributed by atoms with Crippen molar-refractivity contribution in [3.8, 4) is 0 Å². The largest absolute Gasteiger partial charge is 0.294 e. The molecule has 0 aliphatic carbocycles. The third kappa shape index (κ3) is 3.42. The molecule has 0 bridgehead atoms. The van der Waals surface area contributed by atoms with Crippen LogP contribution in [-0.2, 0) is 0 Å². The van der Waals surface area contributed by atoms with Gasteiger partial charge in [-0.15, -0.1) is 0 Å². The second kappa shape index (κ2) is 5.40. The molecular formula is C12H14BrFO. The monoisotopic (exact) mass is 272 g/mol. The number of carbonyl (C=O) groups excluding carboxylic acids is 1. The Hall–Kier alpha value is -0.700. The van der Waals surface area contributed by atoms with Gasteiger partial charge in [-0.3, -0.25) is 4.79 Å². The molecule has 0 aliphatic heterocycles. The van der Waals surface area contributed by atoms with E-state index in [1.165, 1.54) is 12.1 Å². The third-order valence-electron chi connectivity index (χ3n) is 2.47. The van der Waals surface area contributed by atoms with E-state index >= 15 is 0 Å². The molecule has 1 atom stereocenters. The molecule has 3 heteroatoms. The Labute approximate surface area is 97.8 Å². The smallest absolute Gasteiger partial charge is 0.163 e. The zero-order valence-electron chi connectivity index (χ0n) is 8.89. The van der Waals surface area contributed by atoms with Crippen LogP contribution in [0.5, 0.6) is 0 Å². The molecular weight excluding hydrogens is 259 g/mol. The lowest BCUT2D eigenvalue weighted by atomic mass is 9.98. The van der Waals surface area contributed by atoms with Crippen LogP contribution in [0.25, 0.3) is 0 Å². The van der Waals surface area contributed by atoms with Crippen molar-refractivity contribution in [3.63, 3.8) is 0 Å². The van der Waals surface area contributed by atoms with Gasteiger partial charge in [-0.05, 0) is 40.0 Å². The molecule has 1 unspecified atom stereocenters. The number of carbonyl (C=O) groups is 1. The molecule has 0 fully saturated rings. The fourth-order valence-electron chi connectivity index (χ4n) is 1.25. The summed E-state index contributed by atoms with van der Waals surface area (Å²) in [4.78, 5) is 11.7. The van der Waals surface area contributed by atoms with Crippen LogP contribution >= 0.6 is 15.9 Å². The fourth-order valence-corrected chi connectivity index (χ4v) is 1.63. The molecule has 0 heterocycles. The van der Waals surface area contributed by atoms with Gasteiger partial charge in [0.15, 0.2) is 5.78 Å². The van der Waals surface area contributed by atoms with Gasteiger partial charge < -0.3 is 0 Å². The summed E-state index contributed by atoms with van der Waals surface area (Å²) in [7, 11) is 0. The average molecular weight is 273 g/mol. The van der Waals surface area contributed by atoms with Crippen LogP contribution in [0.2, 0.25) is 0 Å². The number of halogens is 2. The van der Waals surface area contributed by atoms with E-state index in [0.29, 0.717) is 22.4 Å². The van der Waals surface area contributed by atoms with E-state index in [1.807, 2.05) is 6.92 Å². The summed E-state index contributed by atoms with van der Waals surface area (Å²) in [6.07, 6.45) is 1.50. The SMILES string of the molecule is CCC(C)CC(=O)c1ccc(F)c(Br)c1. The summed E-state index contributed by atoms with van der Waals surface area (Å²) in [5.41, 5.74) is 0.573. The van der Waals surface area contributed by atoms with E-state index in [2.05, 4.69) is 22.9 Å². The van der Waals surface area contributed by atoms with Gasteiger partial charge >= 0.3 is 0 Å². The zero-order chi connectivity index (χ0) is 11.4. The predicted molar refractivity (Wildman–Crippen MR) is 62.5 cm³/mol. The first-order valence-corrected chi connectivity index (χ1v) is 5.82. The number of benzene rings is 1. The normalized spacial score (nSPS) is 12.5. The second-order valence-corrected chi connectivity index (χ2v) is 4.62. The highest BCUT2D eigenvalue weighted by Crippen LogP contribution is 2.19. The van der Waals surface area contributed by atoms with Gasteiger partial charge in [0.2, 0.25) is 0 Å². The Bertz CT molecular complexity index is 363. The van der Waals surface area contributed by atoms with E-state index in [9.17, 15) is 9.18 Å². The molecule has 1 rings (SSSR count).